The molecule has 0 fully saturated rings. The molecular formula is C38H38ClF2N3O2. The third-order valence-corrected chi connectivity index (χ3v) is 8.75. The van der Waals surface area contributed by atoms with Crippen molar-refractivity contribution >= 4 is 28.4 Å². The van der Waals surface area contributed by atoms with Gasteiger partial charge in [0, 0.05) is 47.9 Å². The first-order valence-electron chi connectivity index (χ1n) is 15.7. The molecule has 0 aliphatic rings. The Balaban J connectivity index is 1.43. The van der Waals surface area contributed by atoms with E-state index in [0.29, 0.717) is 46.7 Å². The summed E-state index contributed by atoms with van der Waals surface area (Å²) >= 11 is 6.06. The Bertz CT molecular complexity index is 1850. The van der Waals surface area contributed by atoms with Crippen LogP contribution in [0.15, 0.2) is 102 Å². The molecule has 4 aromatic carbocycles. The van der Waals surface area contributed by atoms with Crippen LogP contribution in [0, 0.1) is 11.6 Å². The highest BCUT2D eigenvalue weighted by Crippen LogP contribution is 2.23. The van der Waals surface area contributed by atoms with Crippen molar-refractivity contribution in [2.45, 2.75) is 39.8 Å². The fraction of sp³-hybridized carbons (Fsp3) is 0.263. The predicted molar refractivity (Wildman–Crippen MR) is 182 cm³/mol. The lowest BCUT2D eigenvalue weighted by Crippen LogP contribution is -2.40. The summed E-state index contributed by atoms with van der Waals surface area (Å²) < 4.78 is 29.9. The minimum atomic E-state index is -0.640. The van der Waals surface area contributed by atoms with E-state index in [1.807, 2.05) is 70.1 Å². The summed E-state index contributed by atoms with van der Waals surface area (Å²) in [7, 11) is 0. The number of pyridine rings is 1. The summed E-state index contributed by atoms with van der Waals surface area (Å²) in [6, 6.07) is 28.1. The first kappa shape index (κ1) is 33.0. The molecule has 238 valence electrons. The van der Waals surface area contributed by atoms with Gasteiger partial charge in [-0.25, -0.2) is 8.78 Å². The molecule has 8 heteroatoms. The predicted octanol–water partition coefficient (Wildman–Crippen LogP) is 7.76. The fourth-order valence-corrected chi connectivity index (χ4v) is 5.88. The monoisotopic (exact) mass is 641 g/mol. The van der Waals surface area contributed by atoms with Gasteiger partial charge in [-0.2, -0.15) is 0 Å². The summed E-state index contributed by atoms with van der Waals surface area (Å²) in [5.74, 6) is -1.36. The van der Waals surface area contributed by atoms with Crippen LogP contribution in [0.5, 0.6) is 0 Å². The minimum absolute atomic E-state index is 0.0170. The number of carbonyl (C=O) groups is 1. The lowest BCUT2D eigenvalue weighted by atomic mass is 10.0. The van der Waals surface area contributed by atoms with Gasteiger partial charge in [0.15, 0.2) is 5.43 Å². The van der Waals surface area contributed by atoms with Gasteiger partial charge < -0.3 is 14.4 Å². The molecule has 0 saturated carbocycles. The van der Waals surface area contributed by atoms with E-state index < -0.39 is 11.6 Å². The van der Waals surface area contributed by atoms with Crippen molar-refractivity contribution < 1.29 is 13.6 Å². The highest BCUT2D eigenvalue weighted by molar-refractivity contribution is 6.30. The van der Waals surface area contributed by atoms with Gasteiger partial charge >= 0.3 is 0 Å². The number of aryl methyl sites for hydroxylation is 2. The molecule has 1 aromatic heterocycles. The van der Waals surface area contributed by atoms with Gasteiger partial charge in [-0.15, -0.1) is 0 Å². The highest BCUT2D eigenvalue weighted by Gasteiger charge is 2.19. The van der Waals surface area contributed by atoms with Crippen molar-refractivity contribution in [2.75, 3.05) is 26.2 Å². The van der Waals surface area contributed by atoms with E-state index in [1.54, 1.807) is 12.1 Å². The minimum Gasteiger partial charge on any atom is -0.336 e. The van der Waals surface area contributed by atoms with Crippen molar-refractivity contribution in [3.05, 3.63) is 141 Å². The highest BCUT2D eigenvalue weighted by atomic mass is 35.5. The average Bonchev–Trinajstić information content (AvgIpc) is 3.06. The molecular weight excluding hydrogens is 604 g/mol. The maximum Gasteiger partial charge on any atom is 0.242 e. The molecule has 1 heterocycles. The van der Waals surface area contributed by atoms with Crippen LogP contribution in [0.25, 0.3) is 22.0 Å². The van der Waals surface area contributed by atoms with E-state index in [0.717, 1.165) is 42.4 Å². The van der Waals surface area contributed by atoms with Crippen LogP contribution in [0.2, 0.25) is 5.02 Å². The number of nitrogens with zero attached hydrogens (tertiary/aromatic N) is 3. The molecule has 0 atom stereocenters. The Labute approximate surface area is 273 Å². The van der Waals surface area contributed by atoms with Crippen molar-refractivity contribution in [1.29, 1.82) is 0 Å². The largest absolute Gasteiger partial charge is 0.336 e. The smallest absolute Gasteiger partial charge is 0.242 e. The standard InChI is InChI=1S/C38H38ClF2N3O2/c1-3-42(4-2)21-22-43(25-27-9-11-28(12-10-27)29-13-17-31(39)18-14-29)38(46)26-44-33(20-16-30-15-19-32(40)23-35(30)41)24-37(45)34-7-5-6-8-36(34)44/h5-15,17-19,23-24H,3-4,16,20-22,25-26H2,1-2H3. The zero-order chi connectivity index (χ0) is 32.6. The van der Waals surface area contributed by atoms with Crippen molar-refractivity contribution in [2.24, 2.45) is 0 Å². The molecule has 0 aliphatic heterocycles. The second-order valence-corrected chi connectivity index (χ2v) is 11.8. The van der Waals surface area contributed by atoms with Crippen molar-refractivity contribution in [3.63, 3.8) is 0 Å². The van der Waals surface area contributed by atoms with Gasteiger partial charge in [-0.05, 0) is 78.5 Å². The summed E-state index contributed by atoms with van der Waals surface area (Å²) in [5, 5.41) is 1.20. The first-order valence-corrected chi connectivity index (χ1v) is 16.0. The number of carbonyl (C=O) groups excluding carboxylic acids is 1. The summed E-state index contributed by atoms with van der Waals surface area (Å²) in [5.41, 5.74) is 4.58. The van der Waals surface area contributed by atoms with Gasteiger partial charge in [-0.1, -0.05) is 80.0 Å². The SMILES string of the molecule is CCN(CC)CCN(Cc1ccc(-c2ccc(Cl)cc2)cc1)C(=O)Cn1c(CCc2ccc(F)cc2F)cc(=O)c2ccccc21. The molecule has 0 radical (unpaired) electrons. The number of rotatable bonds is 13. The van der Waals surface area contributed by atoms with Gasteiger partial charge in [0.1, 0.15) is 18.2 Å². The van der Waals surface area contributed by atoms with Crippen LogP contribution in [-0.4, -0.2) is 46.5 Å². The number of likely N-dealkylation sites (N-methyl/N-ethyl adjacent to an activating group) is 1. The van der Waals surface area contributed by atoms with E-state index in [-0.39, 0.29) is 24.3 Å². The molecule has 0 saturated heterocycles. The Hall–Kier alpha value is -4.33. The lowest BCUT2D eigenvalue weighted by Gasteiger charge is -2.28. The molecule has 0 unspecified atom stereocenters. The number of aromatic nitrogens is 1. The molecule has 5 nitrogen and oxygen atoms in total. The number of halogens is 3. The van der Waals surface area contributed by atoms with Crippen molar-refractivity contribution in [3.8, 4) is 11.1 Å². The number of hydrogen-bond donors (Lipinski definition) is 0. The molecule has 46 heavy (non-hydrogen) atoms. The second kappa shape index (κ2) is 15.3. The quantitative estimate of drug-likeness (QED) is 0.132. The Morgan fingerprint density at radius 2 is 1.48 bits per heavy atom. The zero-order valence-corrected chi connectivity index (χ0v) is 26.9. The van der Waals surface area contributed by atoms with Crippen molar-refractivity contribution in [1.82, 2.24) is 14.4 Å². The molecule has 5 aromatic rings. The van der Waals surface area contributed by atoms with Gasteiger partial charge in [0.2, 0.25) is 5.91 Å². The van der Waals surface area contributed by atoms with Crippen LogP contribution >= 0.6 is 11.6 Å². The van der Waals surface area contributed by atoms with Gasteiger partial charge in [0.05, 0.1) is 5.52 Å². The number of amides is 1. The summed E-state index contributed by atoms with van der Waals surface area (Å²) in [6.07, 6.45) is 0.561. The molecule has 0 spiro atoms. The third kappa shape index (κ3) is 8.08. The fourth-order valence-electron chi connectivity index (χ4n) is 5.75. The topological polar surface area (TPSA) is 45.5 Å². The van der Waals surface area contributed by atoms with E-state index in [4.69, 9.17) is 11.6 Å². The van der Waals surface area contributed by atoms with Crippen LogP contribution in [0.4, 0.5) is 8.78 Å². The van der Waals surface area contributed by atoms with E-state index in [9.17, 15) is 18.4 Å². The Morgan fingerprint density at radius 3 is 2.15 bits per heavy atom. The number of benzene rings is 4. The van der Waals surface area contributed by atoms with E-state index in [2.05, 4.69) is 18.7 Å². The zero-order valence-electron chi connectivity index (χ0n) is 26.2. The van der Waals surface area contributed by atoms with Gasteiger partial charge in [0.25, 0.3) is 0 Å². The number of para-hydroxylation sites is 1. The van der Waals surface area contributed by atoms with Gasteiger partial charge in [-0.3, -0.25) is 9.59 Å². The second-order valence-electron chi connectivity index (χ2n) is 11.4. The maximum absolute atomic E-state index is 14.5. The third-order valence-electron chi connectivity index (χ3n) is 8.50. The Morgan fingerprint density at radius 1 is 0.804 bits per heavy atom. The van der Waals surface area contributed by atoms with Crippen LogP contribution < -0.4 is 5.43 Å². The molecule has 0 N–H and O–H groups in total. The lowest BCUT2D eigenvalue weighted by molar-refractivity contribution is -0.132. The maximum atomic E-state index is 14.5. The normalized spacial score (nSPS) is 11.3. The van der Waals surface area contributed by atoms with E-state index in [1.165, 1.54) is 18.2 Å². The average molecular weight is 642 g/mol. The number of hydrogen-bond acceptors (Lipinski definition) is 3. The van der Waals surface area contributed by atoms with Crippen LogP contribution in [0.3, 0.4) is 0 Å². The summed E-state index contributed by atoms with van der Waals surface area (Å²) in [4.78, 5) is 31.4. The molecule has 0 aliphatic carbocycles. The Kier molecular flexibility index (Phi) is 11.0. The number of fused-ring (bicyclic) bond motifs is 1. The van der Waals surface area contributed by atoms with Crippen LogP contribution in [-0.2, 0) is 30.7 Å². The summed E-state index contributed by atoms with van der Waals surface area (Å²) in [6.45, 7) is 7.67. The molecule has 5 rings (SSSR count). The van der Waals surface area contributed by atoms with Crippen LogP contribution in [0.1, 0.15) is 30.7 Å². The molecule has 1 amide bonds. The molecule has 0 bridgehead atoms. The van der Waals surface area contributed by atoms with E-state index >= 15 is 0 Å². The first-order chi connectivity index (χ1) is 22.2.